The molecule has 0 radical (unpaired) electrons. The zero-order valence-electron chi connectivity index (χ0n) is 9.87. The van der Waals surface area contributed by atoms with Gasteiger partial charge in [-0.25, -0.2) is 0 Å². The van der Waals surface area contributed by atoms with E-state index in [2.05, 4.69) is 0 Å². The average molecular weight is 261 g/mol. The molecule has 0 rings (SSSR count). The Morgan fingerprint density at radius 1 is 1.06 bits per heavy atom. The Hall–Kier alpha value is -0.880. The molecule has 7 heteroatoms. The first-order chi connectivity index (χ1) is 7.48. The van der Waals surface area contributed by atoms with Crippen molar-refractivity contribution in [3.8, 4) is 0 Å². The summed E-state index contributed by atoms with van der Waals surface area (Å²) in [5.41, 5.74) is 0. The summed E-state index contributed by atoms with van der Waals surface area (Å²) in [6.07, 6.45) is -4.86. The highest BCUT2D eigenvalue weighted by Gasteiger charge is 2.63. The van der Waals surface area contributed by atoms with Gasteiger partial charge >= 0.3 is 18.0 Å². The Kier molecular flexibility index (Phi) is 5.35. The molecule has 1 atom stereocenters. The minimum Gasteiger partial charge on any atom is -0.348 e. The molecular formula is C10H16F5NO. The predicted octanol–water partition coefficient (Wildman–Crippen LogP) is 3.12. The lowest BCUT2D eigenvalue weighted by Gasteiger charge is -2.21. The van der Waals surface area contributed by atoms with Gasteiger partial charge in [0.05, 0.1) is 0 Å². The van der Waals surface area contributed by atoms with Gasteiger partial charge in [0, 0.05) is 6.04 Å². The molecule has 0 fully saturated rings. The molecule has 1 N–H and O–H groups in total. The molecule has 1 amide bonds. The van der Waals surface area contributed by atoms with Crippen molar-refractivity contribution in [2.24, 2.45) is 5.92 Å². The molecule has 1 unspecified atom stereocenters. The van der Waals surface area contributed by atoms with Crippen LogP contribution in [-0.4, -0.2) is 24.0 Å². The summed E-state index contributed by atoms with van der Waals surface area (Å²) in [6, 6.07) is -0.710. The minimum atomic E-state index is -5.85. The minimum absolute atomic E-state index is 0.289. The highest BCUT2D eigenvalue weighted by molar-refractivity contribution is 5.84. The van der Waals surface area contributed by atoms with E-state index in [1.165, 1.54) is 6.92 Å². The fourth-order valence-corrected chi connectivity index (χ4v) is 1.10. The number of carbonyl (C=O) groups excluding carboxylic acids is 1. The number of hydrogen-bond acceptors (Lipinski definition) is 1. The molecule has 0 saturated carbocycles. The van der Waals surface area contributed by atoms with E-state index in [1.807, 2.05) is 13.8 Å². The quantitative estimate of drug-likeness (QED) is 0.757. The second kappa shape index (κ2) is 5.64. The van der Waals surface area contributed by atoms with Crippen LogP contribution in [0.5, 0.6) is 0 Å². The molecule has 0 heterocycles. The number of nitrogens with one attached hydrogen (secondary N) is 1. The van der Waals surface area contributed by atoms with E-state index in [0.717, 1.165) is 0 Å². The molecule has 0 aliphatic rings. The third-order valence-corrected chi connectivity index (χ3v) is 2.20. The van der Waals surface area contributed by atoms with E-state index >= 15 is 0 Å². The summed E-state index contributed by atoms with van der Waals surface area (Å²) in [6.45, 7) is 5.17. The summed E-state index contributed by atoms with van der Waals surface area (Å²) in [5, 5.41) is 1.67. The zero-order valence-corrected chi connectivity index (χ0v) is 9.87. The molecule has 0 aromatic rings. The van der Waals surface area contributed by atoms with E-state index in [9.17, 15) is 26.7 Å². The lowest BCUT2D eigenvalue weighted by molar-refractivity contribution is -0.270. The van der Waals surface area contributed by atoms with Crippen LogP contribution in [0.15, 0.2) is 0 Å². The normalized spacial score (nSPS) is 14.9. The summed E-state index contributed by atoms with van der Waals surface area (Å²) in [7, 11) is 0. The number of rotatable bonds is 5. The molecule has 0 aliphatic carbocycles. The molecule has 0 saturated heterocycles. The largest absolute Gasteiger partial charge is 0.463 e. The van der Waals surface area contributed by atoms with Crippen LogP contribution < -0.4 is 5.32 Å². The maximum Gasteiger partial charge on any atom is 0.463 e. The second-order valence-corrected chi connectivity index (χ2v) is 4.42. The van der Waals surface area contributed by atoms with Gasteiger partial charge in [0.2, 0.25) is 0 Å². The standard InChI is InChI=1S/C10H16F5NO/c1-6(2)4-5-7(3)16-8(17)9(11,12)10(13,14)15/h6-7H,4-5H2,1-3H3,(H,16,17). The topological polar surface area (TPSA) is 29.1 Å². The fraction of sp³-hybridized carbons (Fsp3) is 0.900. The van der Waals surface area contributed by atoms with Crippen molar-refractivity contribution < 1.29 is 26.7 Å². The lowest BCUT2D eigenvalue weighted by atomic mass is 10.0. The monoisotopic (exact) mass is 261 g/mol. The predicted molar refractivity (Wildman–Crippen MR) is 52.7 cm³/mol. The molecule has 0 aromatic heterocycles. The van der Waals surface area contributed by atoms with Crippen LogP contribution >= 0.6 is 0 Å². The van der Waals surface area contributed by atoms with E-state index in [0.29, 0.717) is 12.8 Å². The molecule has 102 valence electrons. The highest BCUT2D eigenvalue weighted by atomic mass is 19.4. The van der Waals surface area contributed by atoms with E-state index in [1.54, 1.807) is 5.32 Å². The van der Waals surface area contributed by atoms with Gasteiger partial charge in [-0.05, 0) is 25.7 Å². The van der Waals surface area contributed by atoms with Gasteiger partial charge in [-0.1, -0.05) is 13.8 Å². The summed E-state index contributed by atoms with van der Waals surface area (Å²) in [5.74, 6) is -7.34. The summed E-state index contributed by atoms with van der Waals surface area (Å²) in [4.78, 5) is 10.8. The van der Waals surface area contributed by atoms with E-state index in [-0.39, 0.29) is 5.92 Å². The Morgan fingerprint density at radius 3 is 1.88 bits per heavy atom. The molecule has 0 spiro atoms. The summed E-state index contributed by atoms with van der Waals surface area (Å²) >= 11 is 0. The van der Waals surface area contributed by atoms with Crippen molar-refractivity contribution in [3.63, 3.8) is 0 Å². The van der Waals surface area contributed by atoms with Gasteiger partial charge in [0.25, 0.3) is 0 Å². The van der Waals surface area contributed by atoms with Gasteiger partial charge in [-0.3, -0.25) is 4.79 Å². The third-order valence-electron chi connectivity index (χ3n) is 2.20. The van der Waals surface area contributed by atoms with Gasteiger partial charge in [0.1, 0.15) is 0 Å². The summed E-state index contributed by atoms with van der Waals surface area (Å²) < 4.78 is 60.6. The Morgan fingerprint density at radius 2 is 1.53 bits per heavy atom. The fourth-order valence-electron chi connectivity index (χ4n) is 1.10. The van der Waals surface area contributed by atoms with Crippen LogP contribution in [0.3, 0.4) is 0 Å². The number of amides is 1. The van der Waals surface area contributed by atoms with Gasteiger partial charge in [-0.15, -0.1) is 0 Å². The van der Waals surface area contributed by atoms with Crippen molar-refractivity contribution in [2.75, 3.05) is 0 Å². The van der Waals surface area contributed by atoms with Gasteiger partial charge < -0.3 is 5.32 Å². The SMILES string of the molecule is CC(C)CCC(C)NC(=O)C(F)(F)C(F)(F)F. The molecule has 2 nitrogen and oxygen atoms in total. The van der Waals surface area contributed by atoms with Crippen LogP contribution in [0.25, 0.3) is 0 Å². The number of halogens is 5. The van der Waals surface area contributed by atoms with Crippen LogP contribution in [-0.2, 0) is 4.79 Å². The van der Waals surface area contributed by atoms with Crippen LogP contribution in [0.1, 0.15) is 33.6 Å². The van der Waals surface area contributed by atoms with Crippen molar-refractivity contribution in [1.82, 2.24) is 5.32 Å². The Bertz CT molecular complexity index is 262. The first-order valence-electron chi connectivity index (χ1n) is 5.24. The third kappa shape index (κ3) is 4.87. The molecule has 17 heavy (non-hydrogen) atoms. The molecular weight excluding hydrogens is 245 g/mol. The van der Waals surface area contributed by atoms with Crippen molar-refractivity contribution >= 4 is 5.91 Å². The van der Waals surface area contributed by atoms with Crippen molar-refractivity contribution in [1.29, 1.82) is 0 Å². The lowest BCUT2D eigenvalue weighted by Crippen LogP contribution is -2.52. The maximum atomic E-state index is 12.5. The van der Waals surface area contributed by atoms with Crippen molar-refractivity contribution in [2.45, 2.75) is 51.8 Å². The van der Waals surface area contributed by atoms with E-state index in [4.69, 9.17) is 0 Å². The van der Waals surface area contributed by atoms with Crippen molar-refractivity contribution in [3.05, 3.63) is 0 Å². The Balaban J connectivity index is 4.35. The maximum absolute atomic E-state index is 12.5. The first kappa shape index (κ1) is 16.1. The number of carbonyl (C=O) groups is 1. The second-order valence-electron chi connectivity index (χ2n) is 4.42. The van der Waals surface area contributed by atoms with Crippen LogP contribution in [0.4, 0.5) is 22.0 Å². The average Bonchev–Trinajstić information content (AvgIpc) is 2.12. The van der Waals surface area contributed by atoms with Crippen LogP contribution in [0.2, 0.25) is 0 Å². The van der Waals surface area contributed by atoms with Gasteiger partial charge in [0.15, 0.2) is 0 Å². The molecule has 0 aromatic carbocycles. The first-order valence-corrected chi connectivity index (χ1v) is 5.24. The zero-order chi connectivity index (χ0) is 13.9. The van der Waals surface area contributed by atoms with E-state index < -0.39 is 24.0 Å². The number of alkyl halides is 5. The molecule has 0 aliphatic heterocycles. The van der Waals surface area contributed by atoms with Gasteiger partial charge in [-0.2, -0.15) is 22.0 Å². The molecule has 0 bridgehead atoms. The Labute approximate surface area is 96.6 Å². The number of hydrogen-bond donors (Lipinski definition) is 1. The highest BCUT2D eigenvalue weighted by Crippen LogP contribution is 2.35. The van der Waals surface area contributed by atoms with Crippen LogP contribution in [0, 0.1) is 5.92 Å². The smallest absolute Gasteiger partial charge is 0.348 e.